The minimum atomic E-state index is -0.385. The van der Waals surface area contributed by atoms with Crippen LogP contribution in [0.15, 0.2) is 47.1 Å². The number of ether oxygens (including phenoxy) is 1. The van der Waals surface area contributed by atoms with Crippen LogP contribution in [0, 0.1) is 16.7 Å². The fourth-order valence-corrected chi connectivity index (χ4v) is 3.42. The Morgan fingerprint density at radius 1 is 1.21 bits per heavy atom. The summed E-state index contributed by atoms with van der Waals surface area (Å²) in [6.07, 6.45) is 3.44. The van der Waals surface area contributed by atoms with Crippen LogP contribution >= 0.6 is 0 Å². The first-order valence-electron chi connectivity index (χ1n) is 10.8. The number of nitrogens with zero attached hydrogens (tertiary/aromatic N) is 5. The fourth-order valence-electron chi connectivity index (χ4n) is 3.42. The molecule has 4 aromatic rings. The van der Waals surface area contributed by atoms with Gasteiger partial charge in [0.2, 0.25) is 5.82 Å². The third kappa shape index (κ3) is 4.77. The van der Waals surface area contributed by atoms with Crippen LogP contribution < -0.4 is 4.74 Å². The quantitative estimate of drug-likeness (QED) is 0.352. The van der Waals surface area contributed by atoms with Crippen LogP contribution in [0.5, 0.6) is 5.75 Å². The summed E-state index contributed by atoms with van der Waals surface area (Å²) in [7, 11) is 0. The zero-order valence-corrected chi connectivity index (χ0v) is 19.1. The summed E-state index contributed by atoms with van der Waals surface area (Å²) in [4.78, 5) is 15.7. The standard InChI is InChI=1S/C25H25N5O3/c1-16(2)32-22-8-6-18(12-19(22)13-26)24-28-23(29-33-24)17-5-7-21-20(11-17)14-27-30(21)10-9-25(3,4)15-31/h5-8,11-12,14-16H,9-10H2,1-4H3. The van der Waals surface area contributed by atoms with Gasteiger partial charge in [0.05, 0.1) is 23.4 Å². The normalized spacial score (nSPS) is 11.6. The van der Waals surface area contributed by atoms with Crippen molar-refractivity contribution in [2.24, 2.45) is 5.41 Å². The van der Waals surface area contributed by atoms with E-state index < -0.39 is 0 Å². The number of carbonyl (C=O) groups is 1. The number of nitriles is 1. The molecule has 0 aliphatic heterocycles. The lowest BCUT2D eigenvalue weighted by Gasteiger charge is -2.16. The number of benzene rings is 2. The molecule has 0 aliphatic rings. The van der Waals surface area contributed by atoms with Crippen molar-refractivity contribution in [1.82, 2.24) is 19.9 Å². The highest BCUT2D eigenvalue weighted by Crippen LogP contribution is 2.29. The molecule has 0 N–H and O–H groups in total. The van der Waals surface area contributed by atoms with Crippen LogP contribution in [0.25, 0.3) is 33.7 Å². The third-order valence-corrected chi connectivity index (χ3v) is 5.32. The summed E-state index contributed by atoms with van der Waals surface area (Å²) in [5.41, 5.74) is 2.44. The molecular weight excluding hydrogens is 418 g/mol. The highest BCUT2D eigenvalue weighted by molar-refractivity contribution is 5.83. The Morgan fingerprint density at radius 2 is 2.00 bits per heavy atom. The van der Waals surface area contributed by atoms with Crippen molar-refractivity contribution in [1.29, 1.82) is 5.26 Å². The van der Waals surface area contributed by atoms with Crippen LogP contribution in [0.2, 0.25) is 0 Å². The van der Waals surface area contributed by atoms with E-state index in [0.717, 1.165) is 22.8 Å². The van der Waals surface area contributed by atoms with Crippen molar-refractivity contribution in [2.75, 3.05) is 0 Å². The lowest BCUT2D eigenvalue weighted by atomic mass is 9.91. The van der Waals surface area contributed by atoms with Crippen molar-refractivity contribution >= 4 is 17.2 Å². The minimum absolute atomic E-state index is 0.0336. The molecule has 33 heavy (non-hydrogen) atoms. The Labute approximate surface area is 191 Å². The SMILES string of the molecule is CC(C)Oc1ccc(-c2nc(-c3ccc4c(cnn4CCC(C)(C)C=O)c3)no2)cc1C#N. The lowest BCUT2D eigenvalue weighted by molar-refractivity contribution is -0.115. The van der Waals surface area contributed by atoms with E-state index in [1.165, 1.54) is 0 Å². The van der Waals surface area contributed by atoms with Crippen LogP contribution in [0.3, 0.4) is 0 Å². The second kappa shape index (κ2) is 8.87. The molecule has 0 saturated carbocycles. The molecule has 2 heterocycles. The maximum absolute atomic E-state index is 11.2. The van der Waals surface area contributed by atoms with Gasteiger partial charge in [0.15, 0.2) is 0 Å². The maximum Gasteiger partial charge on any atom is 0.258 e. The Hall–Kier alpha value is -3.99. The number of carbonyl (C=O) groups excluding carboxylic acids is 1. The van der Waals surface area contributed by atoms with E-state index in [-0.39, 0.29) is 11.5 Å². The van der Waals surface area contributed by atoms with E-state index in [9.17, 15) is 10.1 Å². The molecule has 0 amide bonds. The van der Waals surface area contributed by atoms with Crippen molar-refractivity contribution in [2.45, 2.75) is 46.8 Å². The van der Waals surface area contributed by atoms with E-state index in [1.54, 1.807) is 24.4 Å². The number of aromatic nitrogens is 4. The predicted molar refractivity (Wildman–Crippen MR) is 123 cm³/mol. The van der Waals surface area contributed by atoms with Crippen LogP contribution in [0.1, 0.15) is 39.7 Å². The molecule has 8 nitrogen and oxygen atoms in total. The van der Waals surface area contributed by atoms with Crippen molar-refractivity contribution in [3.8, 4) is 34.7 Å². The van der Waals surface area contributed by atoms with Crippen LogP contribution in [-0.2, 0) is 11.3 Å². The second-order valence-corrected chi connectivity index (χ2v) is 8.91. The number of hydrogen-bond acceptors (Lipinski definition) is 7. The average molecular weight is 444 g/mol. The van der Waals surface area contributed by atoms with Gasteiger partial charge in [0.1, 0.15) is 18.1 Å². The van der Waals surface area contributed by atoms with Gasteiger partial charge in [-0.2, -0.15) is 15.3 Å². The van der Waals surface area contributed by atoms with E-state index in [1.807, 2.05) is 50.6 Å². The van der Waals surface area contributed by atoms with Gasteiger partial charge in [-0.05, 0) is 56.7 Å². The zero-order chi connectivity index (χ0) is 23.6. The lowest BCUT2D eigenvalue weighted by Crippen LogP contribution is -2.16. The van der Waals surface area contributed by atoms with Gasteiger partial charge in [0, 0.05) is 28.5 Å². The van der Waals surface area contributed by atoms with E-state index in [2.05, 4.69) is 21.3 Å². The van der Waals surface area contributed by atoms with E-state index >= 15 is 0 Å². The van der Waals surface area contributed by atoms with Crippen molar-refractivity contribution < 1.29 is 14.1 Å². The van der Waals surface area contributed by atoms with Gasteiger partial charge in [0.25, 0.3) is 5.89 Å². The number of fused-ring (bicyclic) bond motifs is 1. The first-order chi connectivity index (χ1) is 15.8. The molecule has 2 aromatic carbocycles. The Balaban J connectivity index is 1.58. The van der Waals surface area contributed by atoms with Gasteiger partial charge in [-0.15, -0.1) is 0 Å². The molecule has 8 heteroatoms. The largest absolute Gasteiger partial charge is 0.490 e. The molecular formula is C25H25N5O3. The van der Waals surface area contributed by atoms with Crippen LogP contribution in [0.4, 0.5) is 0 Å². The Bertz CT molecular complexity index is 1340. The molecule has 0 fully saturated rings. The highest BCUT2D eigenvalue weighted by Gasteiger charge is 2.18. The van der Waals surface area contributed by atoms with E-state index in [4.69, 9.17) is 9.26 Å². The molecule has 0 bridgehead atoms. The minimum Gasteiger partial charge on any atom is -0.490 e. The summed E-state index contributed by atoms with van der Waals surface area (Å²) in [5, 5.41) is 19.0. The summed E-state index contributed by atoms with van der Waals surface area (Å²) >= 11 is 0. The summed E-state index contributed by atoms with van der Waals surface area (Å²) in [6.45, 7) is 8.31. The topological polar surface area (TPSA) is 107 Å². The van der Waals surface area contributed by atoms with Crippen LogP contribution in [-0.4, -0.2) is 32.3 Å². The van der Waals surface area contributed by atoms with Gasteiger partial charge < -0.3 is 14.1 Å². The molecule has 0 aliphatic carbocycles. The molecule has 168 valence electrons. The molecule has 4 rings (SSSR count). The molecule has 2 aromatic heterocycles. The smallest absolute Gasteiger partial charge is 0.258 e. The number of aryl methyl sites for hydroxylation is 1. The zero-order valence-electron chi connectivity index (χ0n) is 19.1. The monoisotopic (exact) mass is 443 g/mol. The predicted octanol–water partition coefficient (Wildman–Crippen LogP) is 5.03. The maximum atomic E-state index is 11.2. The van der Waals surface area contributed by atoms with Gasteiger partial charge in [-0.25, -0.2) is 0 Å². The van der Waals surface area contributed by atoms with Crippen molar-refractivity contribution in [3.05, 3.63) is 48.2 Å². The molecule has 0 radical (unpaired) electrons. The summed E-state index contributed by atoms with van der Waals surface area (Å²) in [5.74, 6) is 1.29. The number of aldehydes is 1. The average Bonchev–Trinajstić information content (AvgIpc) is 3.45. The van der Waals surface area contributed by atoms with E-state index in [0.29, 0.717) is 41.6 Å². The summed E-state index contributed by atoms with van der Waals surface area (Å²) in [6, 6.07) is 13.2. The highest BCUT2D eigenvalue weighted by atomic mass is 16.5. The Kier molecular flexibility index (Phi) is 5.97. The molecule has 0 atom stereocenters. The second-order valence-electron chi connectivity index (χ2n) is 8.91. The van der Waals surface area contributed by atoms with Gasteiger partial charge >= 0.3 is 0 Å². The first-order valence-corrected chi connectivity index (χ1v) is 10.8. The number of hydrogen-bond donors (Lipinski definition) is 0. The third-order valence-electron chi connectivity index (χ3n) is 5.32. The summed E-state index contributed by atoms with van der Waals surface area (Å²) < 4.78 is 13.0. The Morgan fingerprint density at radius 3 is 2.73 bits per heavy atom. The van der Waals surface area contributed by atoms with Crippen molar-refractivity contribution in [3.63, 3.8) is 0 Å². The number of rotatable bonds is 8. The molecule has 0 saturated heterocycles. The van der Waals surface area contributed by atoms with Gasteiger partial charge in [-0.1, -0.05) is 19.0 Å². The fraction of sp³-hybridized carbons (Fsp3) is 0.320. The first kappa shape index (κ1) is 22.2. The molecule has 0 unspecified atom stereocenters. The van der Waals surface area contributed by atoms with Gasteiger partial charge in [-0.3, -0.25) is 4.68 Å². The molecule has 0 spiro atoms.